The van der Waals surface area contributed by atoms with E-state index >= 15 is 0 Å². The van der Waals surface area contributed by atoms with Crippen LogP contribution in [0.3, 0.4) is 0 Å². The monoisotopic (exact) mass is 370 g/mol. The van der Waals surface area contributed by atoms with Crippen molar-refractivity contribution in [1.29, 1.82) is 0 Å². The third-order valence-corrected chi connectivity index (χ3v) is 4.13. The number of carbonyl (C=O) groups excluding carboxylic acids is 1. The number of aryl methyl sites for hydroxylation is 1. The highest BCUT2D eigenvalue weighted by molar-refractivity contribution is 7.13. The number of halogens is 4. The van der Waals surface area contributed by atoms with Gasteiger partial charge in [0.1, 0.15) is 22.3 Å². The van der Waals surface area contributed by atoms with Crippen LogP contribution in [0.25, 0.3) is 10.6 Å². The smallest absolute Gasteiger partial charge is 0.275 e. The Hall–Kier alpha value is -2.75. The number of aromatic nitrogens is 3. The molecule has 0 atom stereocenters. The third kappa shape index (κ3) is 3.38. The summed E-state index contributed by atoms with van der Waals surface area (Å²) in [6, 6.07) is 1.43. The fraction of sp³-hybridized carbons (Fsp3) is 0.133. The maximum Gasteiger partial charge on any atom is 0.275 e. The van der Waals surface area contributed by atoms with Crippen LogP contribution in [0.4, 0.5) is 23.2 Å². The zero-order chi connectivity index (χ0) is 18.1. The van der Waals surface area contributed by atoms with Gasteiger partial charge in [-0.25, -0.2) is 22.5 Å². The Morgan fingerprint density at radius 1 is 1.32 bits per heavy atom. The number of nitrogens with one attached hydrogen (secondary N) is 1. The lowest BCUT2D eigenvalue weighted by molar-refractivity contribution is 0.102. The quantitative estimate of drug-likeness (QED) is 0.706. The standard InChI is InChI=1S/C15H10F4N4OS/c1-23-5-7(4-20-23)21-14(24)10-6-25-15(22-10)11-9(16)3-2-8(12(11)17)13(18)19/h2-6,13H,1H3,(H,21,24). The molecule has 2 aromatic heterocycles. The molecule has 5 nitrogen and oxygen atoms in total. The zero-order valence-electron chi connectivity index (χ0n) is 12.6. The predicted molar refractivity (Wildman–Crippen MR) is 83.6 cm³/mol. The lowest BCUT2D eigenvalue weighted by atomic mass is 10.1. The van der Waals surface area contributed by atoms with Gasteiger partial charge in [0, 0.05) is 18.6 Å². The molecule has 0 saturated carbocycles. The number of carbonyl (C=O) groups is 1. The van der Waals surface area contributed by atoms with E-state index in [2.05, 4.69) is 15.4 Å². The molecule has 1 aromatic carbocycles. The highest BCUT2D eigenvalue weighted by Gasteiger charge is 2.23. The lowest BCUT2D eigenvalue weighted by Gasteiger charge is -2.06. The molecule has 0 aliphatic rings. The van der Waals surface area contributed by atoms with Crippen LogP contribution in [0.5, 0.6) is 0 Å². The van der Waals surface area contributed by atoms with E-state index in [-0.39, 0.29) is 10.7 Å². The first-order valence-electron chi connectivity index (χ1n) is 6.88. The van der Waals surface area contributed by atoms with Crippen LogP contribution in [-0.4, -0.2) is 20.7 Å². The van der Waals surface area contributed by atoms with Gasteiger partial charge >= 0.3 is 0 Å². The minimum atomic E-state index is -3.09. The van der Waals surface area contributed by atoms with Crippen LogP contribution < -0.4 is 5.32 Å². The number of anilines is 1. The second-order valence-electron chi connectivity index (χ2n) is 5.02. The van der Waals surface area contributed by atoms with Crippen LogP contribution in [0.15, 0.2) is 29.9 Å². The minimum Gasteiger partial charge on any atom is -0.318 e. The molecule has 3 rings (SSSR count). The fourth-order valence-electron chi connectivity index (χ4n) is 2.11. The van der Waals surface area contributed by atoms with Crippen molar-refractivity contribution < 1.29 is 22.4 Å². The summed E-state index contributed by atoms with van der Waals surface area (Å²) in [6.45, 7) is 0. The van der Waals surface area contributed by atoms with E-state index < -0.39 is 35.1 Å². The Morgan fingerprint density at radius 3 is 2.72 bits per heavy atom. The number of alkyl halides is 2. The van der Waals surface area contributed by atoms with Crippen molar-refractivity contribution >= 4 is 22.9 Å². The topological polar surface area (TPSA) is 59.8 Å². The zero-order valence-corrected chi connectivity index (χ0v) is 13.5. The maximum absolute atomic E-state index is 14.2. The van der Waals surface area contributed by atoms with Crippen LogP contribution in [0.1, 0.15) is 22.5 Å². The molecule has 0 unspecified atom stereocenters. The number of hydrogen-bond donors (Lipinski definition) is 1. The van der Waals surface area contributed by atoms with Crippen molar-refractivity contribution in [3.8, 4) is 10.6 Å². The summed E-state index contributed by atoms with van der Waals surface area (Å²) in [5.41, 5.74) is -1.28. The average molecular weight is 370 g/mol. The van der Waals surface area contributed by atoms with E-state index in [0.717, 1.165) is 17.4 Å². The van der Waals surface area contributed by atoms with Gasteiger partial charge in [-0.1, -0.05) is 0 Å². The summed E-state index contributed by atoms with van der Waals surface area (Å²) < 4.78 is 55.1. The Balaban J connectivity index is 1.91. The first kappa shape index (κ1) is 17.1. The summed E-state index contributed by atoms with van der Waals surface area (Å²) >= 11 is 0.778. The molecule has 0 saturated heterocycles. The summed E-state index contributed by atoms with van der Waals surface area (Å²) in [5.74, 6) is -3.03. The van der Waals surface area contributed by atoms with Gasteiger partial charge in [0.25, 0.3) is 12.3 Å². The molecule has 0 radical (unpaired) electrons. The molecular formula is C15H10F4N4OS. The Labute approximate surface area is 142 Å². The van der Waals surface area contributed by atoms with Gasteiger partial charge in [-0.3, -0.25) is 9.48 Å². The van der Waals surface area contributed by atoms with Crippen LogP contribution in [-0.2, 0) is 7.05 Å². The van der Waals surface area contributed by atoms with Crippen molar-refractivity contribution in [2.45, 2.75) is 6.43 Å². The number of hydrogen-bond acceptors (Lipinski definition) is 4. The molecule has 2 heterocycles. The van der Waals surface area contributed by atoms with E-state index in [1.54, 1.807) is 13.2 Å². The molecule has 1 N–H and O–H groups in total. The highest BCUT2D eigenvalue weighted by Crippen LogP contribution is 2.34. The highest BCUT2D eigenvalue weighted by atomic mass is 32.1. The molecular weight excluding hydrogens is 360 g/mol. The van der Waals surface area contributed by atoms with Crippen molar-refractivity contribution in [3.63, 3.8) is 0 Å². The van der Waals surface area contributed by atoms with Crippen LogP contribution >= 0.6 is 11.3 Å². The molecule has 0 bridgehead atoms. The van der Waals surface area contributed by atoms with Gasteiger partial charge < -0.3 is 5.32 Å². The third-order valence-electron chi connectivity index (χ3n) is 3.27. The van der Waals surface area contributed by atoms with Gasteiger partial charge in [-0.15, -0.1) is 11.3 Å². The molecule has 1 amide bonds. The number of nitrogens with zero attached hydrogens (tertiary/aromatic N) is 3. The predicted octanol–water partition coefficient (Wildman–Crippen LogP) is 4.01. The first-order valence-corrected chi connectivity index (χ1v) is 7.76. The van der Waals surface area contributed by atoms with Gasteiger partial charge in [-0.05, 0) is 12.1 Å². The lowest BCUT2D eigenvalue weighted by Crippen LogP contribution is -2.11. The summed E-state index contributed by atoms with van der Waals surface area (Å²) in [6.07, 6.45) is -0.125. The molecule has 0 aliphatic heterocycles. The summed E-state index contributed by atoms with van der Waals surface area (Å²) in [7, 11) is 1.66. The number of amides is 1. The molecule has 0 aliphatic carbocycles. The van der Waals surface area contributed by atoms with E-state index in [1.165, 1.54) is 16.3 Å². The Bertz CT molecular complexity index is 938. The molecule has 10 heteroatoms. The van der Waals surface area contributed by atoms with E-state index in [4.69, 9.17) is 0 Å². The summed E-state index contributed by atoms with van der Waals surface area (Å²) in [4.78, 5) is 16.0. The fourth-order valence-corrected chi connectivity index (χ4v) is 2.95. The van der Waals surface area contributed by atoms with Gasteiger partial charge in [0.2, 0.25) is 0 Å². The Morgan fingerprint density at radius 2 is 2.08 bits per heavy atom. The minimum absolute atomic E-state index is 0.0925. The van der Waals surface area contributed by atoms with Crippen molar-refractivity contribution in [1.82, 2.24) is 14.8 Å². The van der Waals surface area contributed by atoms with E-state index in [9.17, 15) is 22.4 Å². The van der Waals surface area contributed by atoms with Crippen molar-refractivity contribution in [3.05, 3.63) is 52.8 Å². The number of thiazole rings is 1. The summed E-state index contributed by atoms with van der Waals surface area (Å²) in [5, 5.41) is 7.48. The van der Waals surface area contributed by atoms with Crippen LogP contribution in [0.2, 0.25) is 0 Å². The van der Waals surface area contributed by atoms with Gasteiger partial charge in [0.15, 0.2) is 0 Å². The van der Waals surface area contributed by atoms with Crippen molar-refractivity contribution in [2.75, 3.05) is 5.32 Å². The number of rotatable bonds is 4. The van der Waals surface area contributed by atoms with Gasteiger partial charge in [-0.2, -0.15) is 5.10 Å². The molecule has 0 fully saturated rings. The number of benzene rings is 1. The molecule has 25 heavy (non-hydrogen) atoms. The maximum atomic E-state index is 14.2. The average Bonchev–Trinajstić information content (AvgIpc) is 3.16. The SMILES string of the molecule is Cn1cc(NC(=O)c2csc(-c3c(F)ccc(C(F)F)c3F)n2)cn1. The molecule has 0 spiro atoms. The van der Waals surface area contributed by atoms with Crippen LogP contribution in [0, 0.1) is 11.6 Å². The van der Waals surface area contributed by atoms with Crippen molar-refractivity contribution in [2.24, 2.45) is 7.05 Å². The van der Waals surface area contributed by atoms with E-state index in [1.807, 2.05) is 0 Å². The normalized spacial score (nSPS) is 11.1. The first-order chi connectivity index (χ1) is 11.9. The van der Waals surface area contributed by atoms with E-state index in [0.29, 0.717) is 11.8 Å². The Kier molecular flexibility index (Phi) is 4.53. The molecule has 130 valence electrons. The largest absolute Gasteiger partial charge is 0.318 e. The van der Waals surface area contributed by atoms with Gasteiger partial charge in [0.05, 0.1) is 23.0 Å². The molecule has 3 aromatic rings. The second kappa shape index (κ2) is 6.63. The second-order valence-corrected chi connectivity index (χ2v) is 5.88.